The fourth-order valence-electron chi connectivity index (χ4n) is 0.166. The molecule has 0 saturated heterocycles. The maximum Gasteiger partial charge on any atom is 0.274 e. The Morgan fingerprint density at radius 1 is 1.62 bits per heavy atom. The van der Waals surface area contributed by atoms with E-state index in [2.05, 4.69) is 0 Å². The molecule has 8 heavy (non-hydrogen) atoms. The van der Waals surface area contributed by atoms with Crippen LogP contribution in [0.5, 0.6) is 0 Å². The predicted molar refractivity (Wildman–Crippen MR) is 24.5 cm³/mol. The van der Waals surface area contributed by atoms with Gasteiger partial charge in [-0.15, -0.1) is 0 Å². The van der Waals surface area contributed by atoms with Gasteiger partial charge in [-0.05, 0) is 0 Å². The number of rotatable bonds is 2. The maximum absolute atomic E-state index is 9.66. The van der Waals surface area contributed by atoms with E-state index in [4.69, 9.17) is 10.3 Å². The van der Waals surface area contributed by atoms with Crippen molar-refractivity contribution in [2.75, 3.05) is 5.75 Å². The number of amides is 1. The van der Waals surface area contributed by atoms with Crippen LogP contribution in [0, 0.1) is 0 Å². The quantitative estimate of drug-likeness (QED) is 0.479. The number of hydrogen-bond donors (Lipinski definition) is 1. The summed E-state index contributed by atoms with van der Waals surface area (Å²) in [7, 11) is -4.26. The van der Waals surface area contributed by atoms with Gasteiger partial charge in [0, 0.05) is 0 Å². The van der Waals surface area contributed by atoms with E-state index in [0.29, 0.717) is 0 Å². The van der Waals surface area contributed by atoms with Crippen LogP contribution in [-0.4, -0.2) is 24.6 Å². The minimum atomic E-state index is -4.26. The highest BCUT2D eigenvalue weighted by atomic mass is 32.2. The summed E-state index contributed by atoms with van der Waals surface area (Å²) in [5, 5.41) is 0. The molecule has 0 heterocycles. The third-order valence-electron chi connectivity index (χ3n) is 0.313. The molecule has 2 N–H and O–H groups in total. The fraction of sp³-hybridized carbons (Fsp3) is 0.500. The Morgan fingerprint density at radius 3 is 2.00 bits per heavy atom. The van der Waals surface area contributed by atoms with Crippen LogP contribution in [0.25, 0.3) is 0 Å². The zero-order valence-corrected chi connectivity index (χ0v) is 4.60. The molecule has 0 atom stereocenters. The van der Waals surface area contributed by atoms with Crippen molar-refractivity contribution >= 4 is 16.0 Å². The van der Waals surface area contributed by atoms with Crippen LogP contribution in [-0.2, 0) is 14.9 Å². The summed E-state index contributed by atoms with van der Waals surface area (Å²) in [6.07, 6.45) is 0. The lowest BCUT2D eigenvalue weighted by Crippen LogP contribution is -2.14. The van der Waals surface area contributed by atoms with Crippen molar-refractivity contribution in [2.24, 2.45) is 0 Å². The Bertz CT molecular complexity index is 180. The fourth-order valence-corrected chi connectivity index (χ4v) is 0.497. The Balaban J connectivity index is 3.95. The highest BCUT2D eigenvalue weighted by molar-refractivity contribution is 7.86. The molecule has 0 saturated carbocycles. The van der Waals surface area contributed by atoms with Gasteiger partial charge in [0.15, 0.2) is 5.75 Å². The Labute approximate surface area is 46.2 Å². The van der Waals surface area contributed by atoms with Crippen molar-refractivity contribution in [1.82, 2.24) is 5.73 Å². The third kappa shape index (κ3) is 5.38. The smallest absolute Gasteiger partial charge is 0.274 e. The van der Waals surface area contributed by atoms with E-state index in [-0.39, 0.29) is 0 Å². The van der Waals surface area contributed by atoms with Crippen LogP contribution in [0.2, 0.25) is 0 Å². The van der Waals surface area contributed by atoms with E-state index in [0.717, 1.165) is 0 Å². The topological polar surface area (TPSA) is 95.2 Å². The molecule has 0 bridgehead atoms. The molecule has 6 heteroatoms. The number of nitrogens with one attached hydrogen (secondary N) is 1. The molecule has 0 aliphatic heterocycles. The van der Waals surface area contributed by atoms with Crippen molar-refractivity contribution < 1.29 is 17.8 Å². The zero-order valence-electron chi connectivity index (χ0n) is 3.79. The van der Waals surface area contributed by atoms with E-state index < -0.39 is 21.8 Å². The molecule has 47 valence electrons. The van der Waals surface area contributed by atoms with Crippen LogP contribution in [0.15, 0.2) is 0 Å². The highest BCUT2D eigenvalue weighted by Crippen LogP contribution is 1.77. The molecular formula is C2H4NO4S. The van der Waals surface area contributed by atoms with Crippen molar-refractivity contribution in [3.63, 3.8) is 0 Å². The molecule has 0 spiro atoms. The van der Waals surface area contributed by atoms with Crippen LogP contribution >= 0.6 is 0 Å². The lowest BCUT2D eigenvalue weighted by molar-refractivity contribution is -0.116. The first-order valence-corrected chi connectivity index (χ1v) is 3.22. The molecular weight excluding hydrogens is 134 g/mol. The summed E-state index contributed by atoms with van der Waals surface area (Å²) in [4.78, 5) is 9.59. The van der Waals surface area contributed by atoms with Gasteiger partial charge < -0.3 is 0 Å². The molecule has 0 fully saturated rings. The molecule has 0 aliphatic carbocycles. The van der Waals surface area contributed by atoms with Crippen molar-refractivity contribution in [3.05, 3.63) is 0 Å². The van der Waals surface area contributed by atoms with Crippen LogP contribution in [0.3, 0.4) is 0 Å². The van der Waals surface area contributed by atoms with E-state index in [1.165, 1.54) is 0 Å². The van der Waals surface area contributed by atoms with E-state index in [1.807, 2.05) is 0 Å². The van der Waals surface area contributed by atoms with Gasteiger partial charge in [-0.3, -0.25) is 15.1 Å². The van der Waals surface area contributed by atoms with Gasteiger partial charge >= 0.3 is 0 Å². The van der Waals surface area contributed by atoms with E-state index in [9.17, 15) is 13.2 Å². The molecule has 0 aromatic heterocycles. The van der Waals surface area contributed by atoms with Gasteiger partial charge in [0.05, 0.1) is 0 Å². The molecule has 0 rings (SSSR count). The Morgan fingerprint density at radius 2 is 2.00 bits per heavy atom. The zero-order chi connectivity index (χ0) is 6.78. The lowest BCUT2D eigenvalue weighted by Gasteiger charge is -1.85. The molecule has 5 nitrogen and oxygen atoms in total. The van der Waals surface area contributed by atoms with Crippen LogP contribution in [0.1, 0.15) is 0 Å². The standard InChI is InChI=1S/C2H4NO4S/c3-2(4)1-8(5,6)7/h3H,1H2,(H,5,6,7). The van der Waals surface area contributed by atoms with Gasteiger partial charge in [-0.25, -0.2) is 0 Å². The number of carbonyl (C=O) groups excluding carboxylic acids is 1. The minimum absolute atomic E-state index is 1.12. The lowest BCUT2D eigenvalue weighted by atomic mass is 10.8. The molecule has 0 aliphatic rings. The largest absolute Gasteiger partial charge is 0.285 e. The van der Waals surface area contributed by atoms with Gasteiger partial charge in [-0.1, -0.05) is 0 Å². The van der Waals surface area contributed by atoms with Gasteiger partial charge in [-0.2, -0.15) is 8.42 Å². The van der Waals surface area contributed by atoms with E-state index >= 15 is 0 Å². The summed E-state index contributed by atoms with van der Waals surface area (Å²) >= 11 is 0. The third-order valence-corrected chi connectivity index (χ3v) is 0.940. The van der Waals surface area contributed by atoms with Crippen molar-refractivity contribution in [1.29, 1.82) is 0 Å². The monoisotopic (exact) mass is 138 g/mol. The molecule has 0 aromatic rings. The second-order valence-electron chi connectivity index (χ2n) is 1.15. The van der Waals surface area contributed by atoms with E-state index in [1.54, 1.807) is 0 Å². The average molecular weight is 138 g/mol. The Hall–Kier alpha value is -0.620. The number of carbonyl (C=O) groups is 1. The Kier molecular flexibility index (Phi) is 1.94. The van der Waals surface area contributed by atoms with Gasteiger partial charge in [0.25, 0.3) is 16.0 Å². The summed E-state index contributed by atoms with van der Waals surface area (Å²) in [6, 6.07) is 0. The highest BCUT2D eigenvalue weighted by Gasteiger charge is 2.08. The number of hydrogen-bond acceptors (Lipinski definition) is 3. The normalized spacial score (nSPS) is 11.1. The second kappa shape index (κ2) is 2.10. The molecule has 0 unspecified atom stereocenters. The minimum Gasteiger partial charge on any atom is -0.285 e. The molecule has 1 amide bonds. The second-order valence-corrected chi connectivity index (χ2v) is 2.60. The SMILES string of the molecule is [NH]C(=O)CS(=O)(=O)O. The average Bonchev–Trinajstić information content (AvgIpc) is 1.21. The first kappa shape index (κ1) is 7.38. The first-order valence-electron chi connectivity index (χ1n) is 1.61. The van der Waals surface area contributed by atoms with Crippen molar-refractivity contribution in [2.45, 2.75) is 0 Å². The predicted octanol–water partition coefficient (Wildman–Crippen LogP) is -1.32. The molecule has 1 radical (unpaired) electrons. The summed E-state index contributed by atoms with van der Waals surface area (Å²) < 4.78 is 27.1. The maximum atomic E-state index is 9.66. The summed E-state index contributed by atoms with van der Waals surface area (Å²) in [6.45, 7) is 0. The van der Waals surface area contributed by atoms with Gasteiger partial charge in [0.2, 0.25) is 0 Å². The summed E-state index contributed by atoms with van der Waals surface area (Å²) in [5.74, 6) is -2.43. The van der Waals surface area contributed by atoms with Crippen LogP contribution in [0.4, 0.5) is 0 Å². The van der Waals surface area contributed by atoms with Crippen molar-refractivity contribution in [3.8, 4) is 0 Å². The first-order chi connectivity index (χ1) is 3.42. The van der Waals surface area contributed by atoms with Crippen LogP contribution < -0.4 is 5.73 Å². The summed E-state index contributed by atoms with van der Waals surface area (Å²) in [5.41, 5.74) is 6.06. The van der Waals surface area contributed by atoms with Gasteiger partial charge in [0.1, 0.15) is 0 Å². The molecule has 0 aromatic carbocycles.